The van der Waals surface area contributed by atoms with Crippen LogP contribution in [-0.4, -0.2) is 41.3 Å². The van der Waals surface area contributed by atoms with Crippen molar-refractivity contribution in [3.05, 3.63) is 53.6 Å². The monoisotopic (exact) mass is 452 g/mol. The van der Waals surface area contributed by atoms with Crippen LogP contribution in [0.15, 0.2) is 53.7 Å². The molecular formula is C19H21ClN4O3S2. The van der Waals surface area contributed by atoms with Crippen LogP contribution in [0.5, 0.6) is 5.75 Å². The zero-order chi connectivity index (χ0) is 20.9. The van der Waals surface area contributed by atoms with Gasteiger partial charge in [0.15, 0.2) is 11.0 Å². The van der Waals surface area contributed by atoms with Crippen LogP contribution in [0.4, 0.5) is 0 Å². The summed E-state index contributed by atoms with van der Waals surface area (Å²) >= 11 is 7.80. The molecule has 3 rings (SSSR count). The maximum Gasteiger partial charge on any atom is 0.209 e. The van der Waals surface area contributed by atoms with E-state index in [4.69, 9.17) is 21.5 Å². The number of rotatable bonds is 9. The van der Waals surface area contributed by atoms with E-state index in [2.05, 4.69) is 10.2 Å². The Balaban J connectivity index is 1.95. The standard InChI is InChI=1S/C19H21ClN4O3S2/c1-2-27-15-10-8-14(9-11-15)24-18(16-6-3-4-7-17(16)20)22-23-19(24)28-12-5-13-29(21,25)26/h3-4,6-11H,2,5,12-13H2,1H3,(H2,21,25,26). The van der Waals surface area contributed by atoms with Crippen LogP contribution < -0.4 is 9.88 Å². The van der Waals surface area contributed by atoms with Gasteiger partial charge in [-0.1, -0.05) is 35.5 Å². The van der Waals surface area contributed by atoms with Crippen LogP contribution in [0.1, 0.15) is 13.3 Å². The lowest BCUT2D eigenvalue weighted by Gasteiger charge is -2.12. The van der Waals surface area contributed by atoms with Gasteiger partial charge in [-0.15, -0.1) is 10.2 Å². The molecule has 0 amide bonds. The number of ether oxygens (including phenoxy) is 1. The molecule has 10 heteroatoms. The molecule has 0 bridgehead atoms. The number of primary sulfonamides is 1. The smallest absolute Gasteiger partial charge is 0.209 e. The molecule has 154 valence electrons. The van der Waals surface area contributed by atoms with Gasteiger partial charge in [0.05, 0.1) is 17.4 Å². The van der Waals surface area contributed by atoms with Crippen molar-refractivity contribution >= 4 is 33.4 Å². The minimum Gasteiger partial charge on any atom is -0.494 e. The van der Waals surface area contributed by atoms with E-state index >= 15 is 0 Å². The molecule has 0 unspecified atom stereocenters. The van der Waals surface area contributed by atoms with Crippen molar-refractivity contribution in [1.29, 1.82) is 0 Å². The molecule has 0 aliphatic rings. The molecule has 7 nitrogen and oxygen atoms in total. The van der Waals surface area contributed by atoms with Crippen molar-refractivity contribution in [2.45, 2.75) is 18.5 Å². The SMILES string of the molecule is CCOc1ccc(-n2c(SCCCS(N)(=O)=O)nnc2-c2ccccc2Cl)cc1. The number of aromatic nitrogens is 3. The lowest BCUT2D eigenvalue weighted by molar-refractivity contribution is 0.340. The molecular weight excluding hydrogens is 432 g/mol. The second kappa shape index (κ2) is 9.62. The summed E-state index contributed by atoms with van der Waals surface area (Å²) in [6, 6.07) is 15.0. The predicted molar refractivity (Wildman–Crippen MR) is 116 cm³/mol. The highest BCUT2D eigenvalue weighted by atomic mass is 35.5. The van der Waals surface area contributed by atoms with E-state index in [0.29, 0.717) is 34.8 Å². The van der Waals surface area contributed by atoms with Crippen molar-refractivity contribution in [3.8, 4) is 22.8 Å². The zero-order valence-electron chi connectivity index (χ0n) is 15.8. The lowest BCUT2D eigenvalue weighted by Crippen LogP contribution is -2.16. The number of thioether (sulfide) groups is 1. The molecule has 0 saturated heterocycles. The van der Waals surface area contributed by atoms with E-state index in [1.807, 2.05) is 54.0 Å². The fourth-order valence-electron chi connectivity index (χ4n) is 2.69. The molecule has 1 heterocycles. The Morgan fingerprint density at radius 3 is 2.52 bits per heavy atom. The Hall–Kier alpha value is -2.07. The Bertz CT molecular complexity index is 1070. The number of sulfonamides is 1. The number of nitrogens with zero attached hydrogens (tertiary/aromatic N) is 3. The Kier molecular flexibility index (Phi) is 7.18. The summed E-state index contributed by atoms with van der Waals surface area (Å²) in [6.45, 7) is 2.52. The van der Waals surface area contributed by atoms with Gasteiger partial charge in [0.2, 0.25) is 10.0 Å². The normalized spacial score (nSPS) is 11.6. The summed E-state index contributed by atoms with van der Waals surface area (Å²) in [6.07, 6.45) is 0.418. The van der Waals surface area contributed by atoms with Gasteiger partial charge in [-0.25, -0.2) is 13.6 Å². The third-order valence-corrected chi connectivity index (χ3v) is 6.16. The average molecular weight is 453 g/mol. The van der Waals surface area contributed by atoms with E-state index in [0.717, 1.165) is 17.0 Å². The summed E-state index contributed by atoms with van der Waals surface area (Å²) in [5.74, 6) is 1.84. The molecule has 1 aromatic heterocycles. The molecule has 29 heavy (non-hydrogen) atoms. The van der Waals surface area contributed by atoms with Gasteiger partial charge < -0.3 is 4.74 Å². The molecule has 0 radical (unpaired) electrons. The van der Waals surface area contributed by atoms with Gasteiger partial charge in [-0.2, -0.15) is 0 Å². The topological polar surface area (TPSA) is 100 Å². The third kappa shape index (κ3) is 5.72. The lowest BCUT2D eigenvalue weighted by atomic mass is 10.2. The largest absolute Gasteiger partial charge is 0.494 e. The molecule has 0 aliphatic carbocycles. The van der Waals surface area contributed by atoms with Crippen LogP contribution in [0, 0.1) is 0 Å². The highest BCUT2D eigenvalue weighted by Gasteiger charge is 2.18. The summed E-state index contributed by atoms with van der Waals surface area (Å²) in [4.78, 5) is 0. The first kappa shape index (κ1) is 21.6. The van der Waals surface area contributed by atoms with Crippen LogP contribution in [0.25, 0.3) is 17.1 Å². The zero-order valence-corrected chi connectivity index (χ0v) is 18.2. The van der Waals surface area contributed by atoms with Gasteiger partial charge in [0, 0.05) is 17.0 Å². The van der Waals surface area contributed by atoms with E-state index in [1.165, 1.54) is 11.8 Å². The maximum absolute atomic E-state index is 11.2. The highest BCUT2D eigenvalue weighted by molar-refractivity contribution is 7.99. The van der Waals surface area contributed by atoms with Crippen molar-refractivity contribution in [2.24, 2.45) is 5.14 Å². The second-order valence-corrected chi connectivity index (χ2v) is 9.32. The molecule has 2 aromatic carbocycles. The maximum atomic E-state index is 11.2. The van der Waals surface area contributed by atoms with E-state index in [1.54, 1.807) is 6.07 Å². The first-order chi connectivity index (χ1) is 13.9. The van der Waals surface area contributed by atoms with Gasteiger partial charge >= 0.3 is 0 Å². The molecule has 3 aromatic rings. The average Bonchev–Trinajstić information content (AvgIpc) is 3.09. The fourth-order valence-corrected chi connectivity index (χ4v) is 4.54. The summed E-state index contributed by atoms with van der Waals surface area (Å²) in [5, 5.41) is 14.9. The van der Waals surface area contributed by atoms with Crippen LogP contribution in [0.2, 0.25) is 5.02 Å². The van der Waals surface area contributed by atoms with E-state index in [9.17, 15) is 8.42 Å². The number of nitrogens with two attached hydrogens (primary N) is 1. The van der Waals surface area contributed by atoms with Crippen LogP contribution >= 0.6 is 23.4 Å². The number of halogens is 1. The fraction of sp³-hybridized carbons (Fsp3) is 0.263. The van der Waals surface area contributed by atoms with Gasteiger partial charge in [-0.3, -0.25) is 4.57 Å². The van der Waals surface area contributed by atoms with Crippen molar-refractivity contribution in [2.75, 3.05) is 18.1 Å². The Morgan fingerprint density at radius 1 is 1.14 bits per heavy atom. The van der Waals surface area contributed by atoms with E-state index in [-0.39, 0.29) is 5.75 Å². The third-order valence-electron chi connectivity index (χ3n) is 3.96. The molecule has 0 fully saturated rings. The van der Waals surface area contributed by atoms with Gasteiger partial charge in [0.25, 0.3) is 0 Å². The van der Waals surface area contributed by atoms with Crippen LogP contribution in [0.3, 0.4) is 0 Å². The number of hydrogen-bond donors (Lipinski definition) is 1. The minimum absolute atomic E-state index is 0.0748. The molecule has 0 atom stereocenters. The van der Waals surface area contributed by atoms with Crippen molar-refractivity contribution < 1.29 is 13.2 Å². The molecule has 0 aliphatic heterocycles. The van der Waals surface area contributed by atoms with Crippen molar-refractivity contribution in [1.82, 2.24) is 14.8 Å². The molecule has 0 spiro atoms. The van der Waals surface area contributed by atoms with Crippen molar-refractivity contribution in [3.63, 3.8) is 0 Å². The van der Waals surface area contributed by atoms with Gasteiger partial charge in [-0.05, 0) is 49.7 Å². The first-order valence-electron chi connectivity index (χ1n) is 8.96. The van der Waals surface area contributed by atoms with E-state index < -0.39 is 10.0 Å². The molecule has 2 N–H and O–H groups in total. The summed E-state index contributed by atoms with van der Waals surface area (Å²) in [5.41, 5.74) is 1.61. The highest BCUT2D eigenvalue weighted by Crippen LogP contribution is 2.32. The van der Waals surface area contributed by atoms with Crippen LogP contribution in [-0.2, 0) is 10.0 Å². The molecule has 0 saturated carbocycles. The number of hydrogen-bond acceptors (Lipinski definition) is 6. The second-order valence-electron chi connectivity index (χ2n) is 6.12. The predicted octanol–water partition coefficient (Wildman–Crippen LogP) is 3.76. The summed E-state index contributed by atoms with van der Waals surface area (Å²) in [7, 11) is -3.48. The minimum atomic E-state index is -3.48. The Morgan fingerprint density at radius 2 is 1.86 bits per heavy atom. The Labute approximate surface area is 179 Å². The number of benzene rings is 2. The summed E-state index contributed by atoms with van der Waals surface area (Å²) < 4.78 is 29.7. The quantitative estimate of drug-likeness (QED) is 0.392. The van der Waals surface area contributed by atoms with Gasteiger partial charge in [0.1, 0.15) is 5.75 Å². The first-order valence-corrected chi connectivity index (χ1v) is 12.0.